The normalized spacial score (nSPS) is 18.0. The molecule has 0 unspecified atom stereocenters. The Hall–Kier alpha value is -2.77. The highest BCUT2D eigenvalue weighted by Gasteiger charge is 2.41. The van der Waals surface area contributed by atoms with Crippen molar-refractivity contribution in [3.63, 3.8) is 0 Å². The number of pyridine rings is 1. The van der Waals surface area contributed by atoms with E-state index < -0.39 is 5.79 Å². The van der Waals surface area contributed by atoms with Gasteiger partial charge in [-0.1, -0.05) is 24.3 Å². The van der Waals surface area contributed by atoms with Crippen LogP contribution in [0.5, 0.6) is 0 Å². The molecule has 152 valence electrons. The second-order valence-corrected chi connectivity index (χ2v) is 7.44. The molecule has 1 aromatic heterocycles. The summed E-state index contributed by atoms with van der Waals surface area (Å²) < 4.78 is 11.4. The largest absolute Gasteiger partial charge is 0.348 e. The van der Waals surface area contributed by atoms with Crippen LogP contribution in [0.2, 0.25) is 0 Å². The van der Waals surface area contributed by atoms with Crippen LogP contribution in [0.25, 0.3) is 0 Å². The van der Waals surface area contributed by atoms with E-state index in [1.165, 1.54) is 6.20 Å². The number of nitrogens with one attached hydrogen (secondary N) is 1. The third-order valence-corrected chi connectivity index (χ3v) is 5.57. The summed E-state index contributed by atoms with van der Waals surface area (Å²) >= 11 is 0. The summed E-state index contributed by atoms with van der Waals surface area (Å²) in [4.78, 5) is 31.3. The number of nitrogens with zero attached hydrogens (tertiary/aromatic N) is 2. The van der Waals surface area contributed by atoms with Crippen molar-refractivity contribution in [3.8, 4) is 0 Å². The van der Waals surface area contributed by atoms with Gasteiger partial charge >= 0.3 is 0 Å². The maximum Gasteiger partial charge on any atom is 0.272 e. The molecule has 1 N–H and O–H groups in total. The molecule has 7 heteroatoms. The van der Waals surface area contributed by atoms with Crippen molar-refractivity contribution in [3.05, 3.63) is 65.0 Å². The van der Waals surface area contributed by atoms with E-state index in [1.807, 2.05) is 31.2 Å². The van der Waals surface area contributed by atoms with Gasteiger partial charge in [0.25, 0.3) is 11.8 Å². The SMILES string of the molecule is Cc1ccccc1CNC(=O)c1ccnc(C(=O)N2CCC3(CC2)OCCO3)c1. The number of hydrogen-bond donors (Lipinski definition) is 1. The quantitative estimate of drug-likeness (QED) is 0.859. The first kappa shape index (κ1) is 19.5. The Balaban J connectivity index is 1.38. The zero-order chi connectivity index (χ0) is 20.3. The van der Waals surface area contributed by atoms with Crippen molar-refractivity contribution >= 4 is 11.8 Å². The smallest absolute Gasteiger partial charge is 0.272 e. The molecule has 0 atom stereocenters. The molecule has 2 fully saturated rings. The van der Waals surface area contributed by atoms with Gasteiger partial charge < -0.3 is 19.7 Å². The van der Waals surface area contributed by atoms with Crippen LogP contribution >= 0.6 is 0 Å². The number of likely N-dealkylation sites (tertiary alicyclic amines) is 1. The molecule has 29 heavy (non-hydrogen) atoms. The highest BCUT2D eigenvalue weighted by atomic mass is 16.7. The lowest BCUT2D eigenvalue weighted by Gasteiger charge is -2.37. The second kappa shape index (κ2) is 8.31. The molecule has 1 aromatic carbocycles. The number of hydrogen-bond acceptors (Lipinski definition) is 5. The van der Waals surface area contributed by atoms with Crippen molar-refractivity contribution in [2.24, 2.45) is 0 Å². The Morgan fingerprint density at radius 3 is 2.59 bits per heavy atom. The van der Waals surface area contributed by atoms with E-state index in [-0.39, 0.29) is 17.5 Å². The number of aromatic nitrogens is 1. The maximum absolute atomic E-state index is 12.9. The van der Waals surface area contributed by atoms with Crippen molar-refractivity contribution in [2.45, 2.75) is 32.1 Å². The molecule has 7 nitrogen and oxygen atoms in total. The molecule has 2 amide bonds. The maximum atomic E-state index is 12.9. The fraction of sp³-hybridized carbons (Fsp3) is 0.409. The van der Waals surface area contributed by atoms with Gasteiger partial charge in [0.1, 0.15) is 5.69 Å². The first-order valence-corrected chi connectivity index (χ1v) is 9.92. The van der Waals surface area contributed by atoms with Gasteiger partial charge in [-0.2, -0.15) is 0 Å². The van der Waals surface area contributed by atoms with Gasteiger partial charge in [0.15, 0.2) is 5.79 Å². The number of aryl methyl sites for hydroxylation is 1. The van der Waals surface area contributed by atoms with Crippen LogP contribution < -0.4 is 5.32 Å². The third-order valence-electron chi connectivity index (χ3n) is 5.57. The number of carbonyl (C=O) groups excluding carboxylic acids is 2. The fourth-order valence-corrected chi connectivity index (χ4v) is 3.77. The summed E-state index contributed by atoms with van der Waals surface area (Å²) in [5, 5.41) is 2.91. The zero-order valence-electron chi connectivity index (χ0n) is 16.5. The molecular formula is C22H25N3O4. The summed E-state index contributed by atoms with van der Waals surface area (Å²) in [5.41, 5.74) is 2.88. The Bertz CT molecular complexity index is 898. The van der Waals surface area contributed by atoms with Crippen molar-refractivity contribution in [1.82, 2.24) is 15.2 Å². The van der Waals surface area contributed by atoms with Crippen LogP contribution in [-0.4, -0.2) is 53.8 Å². The number of benzene rings is 1. The summed E-state index contributed by atoms with van der Waals surface area (Å²) in [7, 11) is 0. The Morgan fingerprint density at radius 2 is 1.86 bits per heavy atom. The molecule has 0 aliphatic carbocycles. The molecular weight excluding hydrogens is 370 g/mol. The van der Waals surface area contributed by atoms with Gasteiger partial charge in [-0.3, -0.25) is 14.6 Å². The van der Waals surface area contributed by atoms with Crippen molar-refractivity contribution in [2.75, 3.05) is 26.3 Å². The van der Waals surface area contributed by atoms with E-state index in [2.05, 4.69) is 10.3 Å². The van der Waals surface area contributed by atoms with Crippen LogP contribution in [0.3, 0.4) is 0 Å². The summed E-state index contributed by atoms with van der Waals surface area (Å²) in [6, 6.07) is 11.1. The molecule has 0 bridgehead atoms. The van der Waals surface area contributed by atoms with Crippen molar-refractivity contribution < 1.29 is 19.1 Å². The van der Waals surface area contributed by atoms with Gasteiger partial charge in [-0.25, -0.2) is 0 Å². The van der Waals surface area contributed by atoms with E-state index in [1.54, 1.807) is 17.0 Å². The lowest BCUT2D eigenvalue weighted by molar-refractivity contribution is -0.181. The highest BCUT2D eigenvalue weighted by molar-refractivity contribution is 5.98. The Morgan fingerprint density at radius 1 is 1.14 bits per heavy atom. The summed E-state index contributed by atoms with van der Waals surface area (Å²) in [6.07, 6.45) is 2.80. The highest BCUT2D eigenvalue weighted by Crippen LogP contribution is 2.31. The van der Waals surface area contributed by atoms with E-state index in [4.69, 9.17) is 9.47 Å². The van der Waals surface area contributed by atoms with Gasteiger partial charge in [0, 0.05) is 44.2 Å². The number of amides is 2. The molecule has 1 spiro atoms. The second-order valence-electron chi connectivity index (χ2n) is 7.44. The third kappa shape index (κ3) is 4.31. The van der Waals surface area contributed by atoms with Crippen molar-refractivity contribution in [1.29, 1.82) is 0 Å². The summed E-state index contributed by atoms with van der Waals surface area (Å²) in [6.45, 7) is 4.75. The lowest BCUT2D eigenvalue weighted by Crippen LogP contribution is -2.47. The predicted octanol–water partition coefficient (Wildman–Crippen LogP) is 2.30. The minimum absolute atomic E-state index is 0.175. The van der Waals surface area contributed by atoms with Gasteiger partial charge in [-0.15, -0.1) is 0 Å². The minimum atomic E-state index is -0.526. The molecule has 3 heterocycles. The minimum Gasteiger partial charge on any atom is -0.348 e. The molecule has 2 aromatic rings. The molecule has 0 saturated carbocycles. The average Bonchev–Trinajstić information content (AvgIpc) is 3.21. The number of rotatable bonds is 4. The Kier molecular flexibility index (Phi) is 5.60. The number of piperidine rings is 1. The van der Waals surface area contributed by atoms with Gasteiger partial charge in [0.2, 0.25) is 0 Å². The van der Waals surface area contributed by atoms with E-state index in [0.29, 0.717) is 51.3 Å². The summed E-state index contributed by atoms with van der Waals surface area (Å²) in [5.74, 6) is -0.928. The molecule has 2 aliphatic rings. The molecule has 2 saturated heterocycles. The van der Waals surface area contributed by atoms with E-state index in [9.17, 15) is 9.59 Å². The first-order valence-electron chi connectivity index (χ1n) is 9.92. The van der Waals surface area contributed by atoms with E-state index in [0.717, 1.165) is 11.1 Å². The predicted molar refractivity (Wildman–Crippen MR) is 106 cm³/mol. The van der Waals surface area contributed by atoms with Crippen LogP contribution in [0.1, 0.15) is 44.8 Å². The lowest BCUT2D eigenvalue weighted by atomic mass is 10.0. The van der Waals surface area contributed by atoms with Gasteiger partial charge in [-0.05, 0) is 30.2 Å². The molecule has 4 rings (SSSR count). The molecule has 0 radical (unpaired) electrons. The average molecular weight is 395 g/mol. The van der Waals surface area contributed by atoms with Crippen LogP contribution in [-0.2, 0) is 16.0 Å². The standard InChI is InChI=1S/C22H25N3O4/c1-16-4-2-3-5-18(16)15-24-20(26)17-6-9-23-19(14-17)21(27)25-10-7-22(8-11-25)28-12-13-29-22/h2-6,9,14H,7-8,10-13,15H2,1H3,(H,24,26). The monoisotopic (exact) mass is 395 g/mol. The molecule has 2 aliphatic heterocycles. The van der Waals surface area contributed by atoms with Crippen LogP contribution in [0.4, 0.5) is 0 Å². The topological polar surface area (TPSA) is 80.8 Å². The number of ether oxygens (including phenoxy) is 2. The fourth-order valence-electron chi connectivity index (χ4n) is 3.77. The van der Waals surface area contributed by atoms with Gasteiger partial charge in [0.05, 0.1) is 13.2 Å². The van der Waals surface area contributed by atoms with Crippen LogP contribution in [0.15, 0.2) is 42.6 Å². The Labute approximate surface area is 170 Å². The van der Waals surface area contributed by atoms with E-state index >= 15 is 0 Å². The zero-order valence-corrected chi connectivity index (χ0v) is 16.5. The first-order chi connectivity index (χ1) is 14.1. The van der Waals surface area contributed by atoms with Crippen LogP contribution in [0, 0.1) is 6.92 Å². The number of carbonyl (C=O) groups is 2.